The molecule has 1 aromatic carbocycles. The second-order valence-electron chi connectivity index (χ2n) is 5.77. The molecule has 1 N–H and O–H groups in total. The van der Waals surface area contributed by atoms with Gasteiger partial charge in [-0.1, -0.05) is 24.3 Å². The van der Waals surface area contributed by atoms with Crippen molar-refractivity contribution in [1.29, 1.82) is 0 Å². The minimum atomic E-state index is 0.545. The van der Waals surface area contributed by atoms with Crippen LogP contribution in [0.3, 0.4) is 0 Å². The zero-order valence-electron chi connectivity index (χ0n) is 12.2. The third-order valence-electron chi connectivity index (χ3n) is 4.18. The summed E-state index contributed by atoms with van der Waals surface area (Å²) in [6.45, 7) is 3.42. The van der Waals surface area contributed by atoms with Gasteiger partial charge in [-0.15, -0.1) is 11.3 Å². The normalized spacial score (nSPS) is 18.9. The molecule has 3 rings (SSSR count). The van der Waals surface area contributed by atoms with Gasteiger partial charge in [0.1, 0.15) is 0 Å². The molecule has 0 saturated heterocycles. The van der Waals surface area contributed by atoms with Crippen molar-refractivity contribution in [2.75, 3.05) is 18.9 Å². The molecule has 1 aliphatic heterocycles. The van der Waals surface area contributed by atoms with Gasteiger partial charge in [-0.05, 0) is 49.9 Å². The number of thiophene rings is 1. The van der Waals surface area contributed by atoms with Crippen molar-refractivity contribution in [3.8, 4) is 0 Å². The van der Waals surface area contributed by atoms with Crippen molar-refractivity contribution < 1.29 is 0 Å². The predicted octanol–water partition coefficient (Wildman–Crippen LogP) is 3.65. The van der Waals surface area contributed by atoms with Gasteiger partial charge in [0.05, 0.1) is 0 Å². The summed E-state index contributed by atoms with van der Waals surface area (Å²) >= 11 is 1.86. The van der Waals surface area contributed by atoms with E-state index in [1.54, 1.807) is 0 Å². The number of fused-ring (bicyclic) bond motifs is 1. The van der Waals surface area contributed by atoms with Crippen molar-refractivity contribution in [2.24, 2.45) is 0 Å². The molecule has 1 aromatic heterocycles. The SMILES string of the molecule is CC(Cc1cccs1)N(C)CC1Cc2ccccc2N1. The number of benzene rings is 1. The van der Waals surface area contributed by atoms with E-state index >= 15 is 0 Å². The number of nitrogens with one attached hydrogen (secondary N) is 1. The van der Waals surface area contributed by atoms with Crippen LogP contribution in [0.4, 0.5) is 5.69 Å². The Morgan fingerprint density at radius 3 is 2.90 bits per heavy atom. The zero-order valence-corrected chi connectivity index (χ0v) is 13.0. The first-order valence-electron chi connectivity index (χ1n) is 7.29. The Morgan fingerprint density at radius 2 is 2.15 bits per heavy atom. The number of anilines is 1. The van der Waals surface area contributed by atoms with E-state index < -0.39 is 0 Å². The summed E-state index contributed by atoms with van der Waals surface area (Å²) in [6, 6.07) is 14.2. The summed E-state index contributed by atoms with van der Waals surface area (Å²) < 4.78 is 0. The molecule has 0 saturated carbocycles. The standard InChI is InChI=1S/C17H22N2S/c1-13(10-16-7-5-9-20-16)19(2)12-15-11-14-6-3-4-8-17(14)18-15/h3-9,13,15,18H,10-12H2,1-2H3. The first-order chi connectivity index (χ1) is 9.72. The molecule has 0 fully saturated rings. The van der Waals surface area contributed by atoms with Gasteiger partial charge in [0.25, 0.3) is 0 Å². The lowest BCUT2D eigenvalue weighted by Crippen LogP contribution is -2.39. The maximum absolute atomic E-state index is 3.64. The Morgan fingerprint density at radius 1 is 1.30 bits per heavy atom. The topological polar surface area (TPSA) is 15.3 Å². The van der Waals surface area contributed by atoms with Crippen molar-refractivity contribution >= 4 is 17.0 Å². The first kappa shape index (κ1) is 13.7. The Balaban J connectivity index is 1.54. The van der Waals surface area contributed by atoms with Gasteiger partial charge in [0, 0.05) is 29.2 Å². The van der Waals surface area contributed by atoms with Crippen LogP contribution in [0.2, 0.25) is 0 Å². The number of para-hydroxylation sites is 1. The van der Waals surface area contributed by atoms with Gasteiger partial charge in [0.2, 0.25) is 0 Å². The summed E-state index contributed by atoms with van der Waals surface area (Å²) in [6.07, 6.45) is 2.29. The van der Waals surface area contributed by atoms with Crippen molar-refractivity contribution in [3.63, 3.8) is 0 Å². The summed E-state index contributed by atoms with van der Waals surface area (Å²) in [5, 5.41) is 5.80. The number of hydrogen-bond donors (Lipinski definition) is 1. The molecule has 1 aliphatic rings. The molecule has 2 unspecified atom stereocenters. The quantitative estimate of drug-likeness (QED) is 0.902. The highest BCUT2D eigenvalue weighted by molar-refractivity contribution is 7.09. The highest BCUT2D eigenvalue weighted by Gasteiger charge is 2.22. The van der Waals surface area contributed by atoms with E-state index in [0.29, 0.717) is 12.1 Å². The minimum absolute atomic E-state index is 0.545. The molecule has 2 nitrogen and oxygen atoms in total. The van der Waals surface area contributed by atoms with Crippen molar-refractivity contribution in [3.05, 3.63) is 52.2 Å². The Bertz CT molecular complexity index is 525. The van der Waals surface area contributed by atoms with Crippen LogP contribution in [-0.4, -0.2) is 30.6 Å². The Labute approximate surface area is 125 Å². The first-order valence-corrected chi connectivity index (χ1v) is 8.17. The van der Waals surface area contributed by atoms with E-state index in [1.165, 1.54) is 16.1 Å². The smallest absolute Gasteiger partial charge is 0.0429 e. The zero-order chi connectivity index (χ0) is 13.9. The van der Waals surface area contributed by atoms with Crippen LogP contribution in [0.1, 0.15) is 17.4 Å². The van der Waals surface area contributed by atoms with Crippen LogP contribution in [0.5, 0.6) is 0 Å². The predicted molar refractivity (Wildman–Crippen MR) is 87.7 cm³/mol. The van der Waals surface area contributed by atoms with Crippen LogP contribution in [0.15, 0.2) is 41.8 Å². The fourth-order valence-corrected chi connectivity index (χ4v) is 3.72. The molecule has 0 bridgehead atoms. The third-order valence-corrected chi connectivity index (χ3v) is 5.08. The van der Waals surface area contributed by atoms with Gasteiger partial charge in [-0.2, -0.15) is 0 Å². The van der Waals surface area contributed by atoms with Crippen LogP contribution in [0, 0.1) is 0 Å². The number of hydrogen-bond acceptors (Lipinski definition) is 3. The Kier molecular flexibility index (Phi) is 4.08. The maximum Gasteiger partial charge on any atom is 0.0429 e. The van der Waals surface area contributed by atoms with Gasteiger partial charge in [0.15, 0.2) is 0 Å². The fraction of sp³-hybridized carbons (Fsp3) is 0.412. The third kappa shape index (κ3) is 3.05. The lowest BCUT2D eigenvalue weighted by molar-refractivity contribution is 0.248. The summed E-state index contributed by atoms with van der Waals surface area (Å²) in [7, 11) is 2.24. The summed E-state index contributed by atoms with van der Waals surface area (Å²) in [4.78, 5) is 3.95. The molecular weight excluding hydrogens is 264 g/mol. The average Bonchev–Trinajstić information content (AvgIpc) is 3.06. The highest BCUT2D eigenvalue weighted by Crippen LogP contribution is 2.25. The van der Waals surface area contributed by atoms with Crippen molar-refractivity contribution in [1.82, 2.24) is 4.90 Å². The number of likely N-dealkylation sites (N-methyl/N-ethyl adjacent to an activating group) is 1. The van der Waals surface area contributed by atoms with E-state index in [4.69, 9.17) is 0 Å². The van der Waals surface area contributed by atoms with E-state index in [1.807, 2.05) is 11.3 Å². The monoisotopic (exact) mass is 286 g/mol. The van der Waals surface area contributed by atoms with Crippen LogP contribution >= 0.6 is 11.3 Å². The van der Waals surface area contributed by atoms with E-state index in [9.17, 15) is 0 Å². The molecule has 2 heterocycles. The van der Waals surface area contributed by atoms with E-state index in [2.05, 4.69) is 66.0 Å². The van der Waals surface area contributed by atoms with Gasteiger partial charge < -0.3 is 10.2 Å². The average molecular weight is 286 g/mol. The summed E-state index contributed by atoms with van der Waals surface area (Å²) in [5.41, 5.74) is 2.77. The largest absolute Gasteiger partial charge is 0.380 e. The highest BCUT2D eigenvalue weighted by atomic mass is 32.1. The van der Waals surface area contributed by atoms with E-state index in [0.717, 1.165) is 19.4 Å². The lowest BCUT2D eigenvalue weighted by Gasteiger charge is -2.27. The minimum Gasteiger partial charge on any atom is -0.380 e. The number of rotatable bonds is 5. The number of nitrogens with zero attached hydrogens (tertiary/aromatic N) is 1. The van der Waals surface area contributed by atoms with Crippen LogP contribution < -0.4 is 5.32 Å². The fourth-order valence-electron chi connectivity index (χ4n) is 2.89. The van der Waals surface area contributed by atoms with Gasteiger partial charge in [-0.25, -0.2) is 0 Å². The molecule has 0 amide bonds. The molecule has 3 heteroatoms. The summed E-state index contributed by atoms with van der Waals surface area (Å²) in [5.74, 6) is 0. The van der Waals surface area contributed by atoms with Crippen LogP contribution in [0.25, 0.3) is 0 Å². The van der Waals surface area contributed by atoms with Crippen LogP contribution in [-0.2, 0) is 12.8 Å². The molecule has 0 aliphatic carbocycles. The molecule has 2 atom stereocenters. The van der Waals surface area contributed by atoms with Gasteiger partial charge >= 0.3 is 0 Å². The Hall–Kier alpha value is -1.32. The van der Waals surface area contributed by atoms with E-state index in [-0.39, 0.29) is 0 Å². The lowest BCUT2D eigenvalue weighted by atomic mass is 10.1. The molecule has 0 radical (unpaired) electrons. The second-order valence-corrected chi connectivity index (χ2v) is 6.81. The maximum atomic E-state index is 3.64. The molecular formula is C17H22N2S. The molecule has 106 valence electrons. The molecule has 20 heavy (non-hydrogen) atoms. The molecule has 0 spiro atoms. The second kappa shape index (κ2) is 5.98. The molecule has 2 aromatic rings. The van der Waals surface area contributed by atoms with Gasteiger partial charge in [-0.3, -0.25) is 0 Å². The van der Waals surface area contributed by atoms with Crippen molar-refractivity contribution in [2.45, 2.75) is 31.8 Å².